The Morgan fingerprint density at radius 2 is 1.52 bits per heavy atom. The Bertz CT molecular complexity index is 727. The highest BCUT2D eigenvalue weighted by Gasteiger charge is 2.11. The fourth-order valence-corrected chi connectivity index (χ4v) is 2.79. The van der Waals surface area contributed by atoms with Gasteiger partial charge in [0.2, 0.25) is 5.91 Å². The van der Waals surface area contributed by atoms with Crippen molar-refractivity contribution in [2.24, 2.45) is 5.92 Å². The first-order valence-corrected chi connectivity index (χ1v) is 9.38. The third-order valence-electron chi connectivity index (χ3n) is 4.21. The fourth-order valence-electron chi connectivity index (χ4n) is 2.79. The maximum atomic E-state index is 12.1. The van der Waals surface area contributed by atoms with Crippen LogP contribution in [0.25, 0.3) is 0 Å². The van der Waals surface area contributed by atoms with E-state index in [-0.39, 0.29) is 24.5 Å². The van der Waals surface area contributed by atoms with E-state index in [0.717, 1.165) is 17.5 Å². The molecule has 0 spiro atoms. The van der Waals surface area contributed by atoms with Crippen LogP contribution in [-0.4, -0.2) is 18.5 Å². The molecular formula is C22H29N3O2. The Morgan fingerprint density at radius 3 is 2.15 bits per heavy atom. The summed E-state index contributed by atoms with van der Waals surface area (Å²) in [5.74, 6) is 0.399. The van der Waals surface area contributed by atoms with Gasteiger partial charge in [0.25, 0.3) is 0 Å². The van der Waals surface area contributed by atoms with Gasteiger partial charge in [-0.05, 0) is 36.0 Å². The van der Waals surface area contributed by atoms with E-state index in [0.29, 0.717) is 12.5 Å². The zero-order valence-electron chi connectivity index (χ0n) is 16.3. The van der Waals surface area contributed by atoms with Crippen LogP contribution < -0.4 is 16.0 Å². The summed E-state index contributed by atoms with van der Waals surface area (Å²) in [6.07, 6.45) is 1.04. The highest BCUT2D eigenvalue weighted by molar-refractivity contribution is 5.84. The lowest BCUT2D eigenvalue weighted by Gasteiger charge is -2.16. The Morgan fingerprint density at radius 1 is 0.852 bits per heavy atom. The number of urea groups is 1. The van der Waals surface area contributed by atoms with Crippen molar-refractivity contribution in [2.45, 2.75) is 39.8 Å². The molecule has 2 rings (SSSR count). The lowest BCUT2D eigenvalue weighted by Crippen LogP contribution is -2.42. The summed E-state index contributed by atoms with van der Waals surface area (Å²) in [5, 5.41) is 8.21. The van der Waals surface area contributed by atoms with Gasteiger partial charge in [-0.1, -0.05) is 68.4 Å². The molecule has 2 aromatic rings. The molecule has 0 radical (unpaired) electrons. The summed E-state index contributed by atoms with van der Waals surface area (Å²) in [6, 6.07) is 17.4. The Balaban J connectivity index is 1.72. The van der Waals surface area contributed by atoms with Gasteiger partial charge in [-0.25, -0.2) is 4.79 Å². The predicted molar refractivity (Wildman–Crippen MR) is 108 cm³/mol. The molecule has 0 saturated carbocycles. The van der Waals surface area contributed by atoms with Gasteiger partial charge in [-0.2, -0.15) is 0 Å². The standard InChI is InChI=1S/C22H29N3O2/c1-16(2)13-18-9-11-20(12-10-18)17(3)25-21(26)15-24-22(27)23-14-19-7-5-4-6-8-19/h4-12,16-17H,13-15H2,1-3H3,(H,25,26)(H2,23,24,27)/t17-/m0/s1. The molecular weight excluding hydrogens is 338 g/mol. The van der Waals surface area contributed by atoms with Gasteiger partial charge in [0.1, 0.15) is 0 Å². The third kappa shape index (κ3) is 7.52. The summed E-state index contributed by atoms with van der Waals surface area (Å²) in [4.78, 5) is 23.9. The quantitative estimate of drug-likeness (QED) is 0.668. The van der Waals surface area contributed by atoms with Gasteiger partial charge in [-0.3, -0.25) is 4.79 Å². The fraction of sp³-hybridized carbons (Fsp3) is 0.364. The van der Waals surface area contributed by atoms with Crippen LogP contribution in [0.3, 0.4) is 0 Å². The van der Waals surface area contributed by atoms with E-state index in [4.69, 9.17) is 0 Å². The van der Waals surface area contributed by atoms with Crippen LogP contribution in [-0.2, 0) is 17.8 Å². The Labute approximate surface area is 161 Å². The maximum Gasteiger partial charge on any atom is 0.315 e. The van der Waals surface area contributed by atoms with Crippen LogP contribution in [0.4, 0.5) is 4.79 Å². The van der Waals surface area contributed by atoms with Gasteiger partial charge < -0.3 is 16.0 Å². The molecule has 3 amide bonds. The Kier molecular flexibility index (Phi) is 7.86. The summed E-state index contributed by atoms with van der Waals surface area (Å²) >= 11 is 0. The van der Waals surface area contributed by atoms with Gasteiger partial charge in [0.15, 0.2) is 0 Å². The molecule has 0 aliphatic rings. The molecule has 0 bridgehead atoms. The van der Waals surface area contributed by atoms with Crippen molar-refractivity contribution in [3.05, 3.63) is 71.3 Å². The first kappa shape index (κ1) is 20.5. The lowest BCUT2D eigenvalue weighted by atomic mass is 10.00. The van der Waals surface area contributed by atoms with Crippen molar-refractivity contribution in [1.29, 1.82) is 0 Å². The topological polar surface area (TPSA) is 70.2 Å². The molecule has 27 heavy (non-hydrogen) atoms. The SMILES string of the molecule is CC(C)Cc1ccc([C@H](C)NC(=O)CNC(=O)NCc2ccccc2)cc1. The number of carbonyl (C=O) groups excluding carboxylic acids is 2. The highest BCUT2D eigenvalue weighted by atomic mass is 16.2. The van der Waals surface area contributed by atoms with E-state index in [1.165, 1.54) is 5.56 Å². The minimum Gasteiger partial charge on any atom is -0.348 e. The third-order valence-corrected chi connectivity index (χ3v) is 4.21. The molecule has 0 aliphatic carbocycles. The van der Waals surface area contributed by atoms with E-state index in [1.54, 1.807) is 0 Å². The summed E-state index contributed by atoms with van der Waals surface area (Å²) in [7, 11) is 0. The molecule has 0 saturated heterocycles. The molecule has 1 atom stereocenters. The summed E-state index contributed by atoms with van der Waals surface area (Å²) in [5.41, 5.74) is 3.35. The number of amides is 3. The molecule has 2 aromatic carbocycles. The monoisotopic (exact) mass is 367 g/mol. The average molecular weight is 367 g/mol. The second kappa shape index (κ2) is 10.4. The van der Waals surface area contributed by atoms with E-state index < -0.39 is 0 Å². The van der Waals surface area contributed by atoms with E-state index in [1.807, 2.05) is 49.4 Å². The van der Waals surface area contributed by atoms with Gasteiger partial charge in [0, 0.05) is 6.54 Å². The predicted octanol–water partition coefficient (Wildman–Crippen LogP) is 3.56. The molecule has 0 unspecified atom stereocenters. The van der Waals surface area contributed by atoms with Crippen molar-refractivity contribution in [3.8, 4) is 0 Å². The minimum absolute atomic E-state index is 0.0591. The van der Waals surface area contributed by atoms with Crippen LogP contribution in [0.2, 0.25) is 0 Å². The van der Waals surface area contributed by atoms with Gasteiger partial charge in [-0.15, -0.1) is 0 Å². The Hall–Kier alpha value is -2.82. The van der Waals surface area contributed by atoms with E-state index in [2.05, 4.69) is 41.9 Å². The molecule has 0 fully saturated rings. The molecule has 144 valence electrons. The zero-order chi connectivity index (χ0) is 19.6. The highest BCUT2D eigenvalue weighted by Crippen LogP contribution is 2.15. The van der Waals surface area contributed by atoms with E-state index >= 15 is 0 Å². The number of rotatable bonds is 8. The van der Waals surface area contributed by atoms with Crippen molar-refractivity contribution in [1.82, 2.24) is 16.0 Å². The number of hydrogen-bond acceptors (Lipinski definition) is 2. The number of carbonyl (C=O) groups is 2. The van der Waals surface area contributed by atoms with Crippen LogP contribution in [0.15, 0.2) is 54.6 Å². The summed E-state index contributed by atoms with van der Waals surface area (Å²) in [6.45, 7) is 6.69. The molecule has 0 aliphatic heterocycles. The maximum absolute atomic E-state index is 12.1. The number of hydrogen-bond donors (Lipinski definition) is 3. The van der Waals surface area contributed by atoms with Gasteiger partial charge in [0.05, 0.1) is 12.6 Å². The molecule has 0 aromatic heterocycles. The molecule has 3 N–H and O–H groups in total. The largest absolute Gasteiger partial charge is 0.348 e. The van der Waals surface area contributed by atoms with E-state index in [9.17, 15) is 9.59 Å². The normalized spacial score (nSPS) is 11.7. The summed E-state index contributed by atoms with van der Waals surface area (Å²) < 4.78 is 0. The van der Waals surface area contributed by atoms with Crippen LogP contribution in [0.5, 0.6) is 0 Å². The average Bonchev–Trinajstić information content (AvgIpc) is 2.65. The zero-order valence-corrected chi connectivity index (χ0v) is 16.3. The molecule has 0 heterocycles. The van der Waals surface area contributed by atoms with Crippen molar-refractivity contribution in [2.75, 3.05) is 6.54 Å². The number of benzene rings is 2. The second-order valence-electron chi connectivity index (χ2n) is 7.15. The number of nitrogens with one attached hydrogen (secondary N) is 3. The van der Waals surface area contributed by atoms with Crippen molar-refractivity contribution in [3.63, 3.8) is 0 Å². The minimum atomic E-state index is -0.361. The second-order valence-corrected chi connectivity index (χ2v) is 7.15. The van der Waals surface area contributed by atoms with Gasteiger partial charge >= 0.3 is 6.03 Å². The van der Waals surface area contributed by atoms with Crippen molar-refractivity contribution < 1.29 is 9.59 Å². The molecule has 5 heteroatoms. The van der Waals surface area contributed by atoms with Crippen LogP contribution in [0.1, 0.15) is 43.5 Å². The van der Waals surface area contributed by atoms with Crippen molar-refractivity contribution >= 4 is 11.9 Å². The van der Waals surface area contributed by atoms with Crippen LogP contribution >= 0.6 is 0 Å². The lowest BCUT2D eigenvalue weighted by molar-refractivity contribution is -0.120. The first-order chi connectivity index (χ1) is 12.9. The van der Waals surface area contributed by atoms with Crippen LogP contribution in [0, 0.1) is 5.92 Å². The smallest absolute Gasteiger partial charge is 0.315 e. The first-order valence-electron chi connectivity index (χ1n) is 9.38. The molecule has 5 nitrogen and oxygen atoms in total.